The number of hydrogen-bond acceptors (Lipinski definition) is 3. The third-order valence-electron chi connectivity index (χ3n) is 3.62. The molecule has 138 valence electrons. The van der Waals surface area contributed by atoms with Gasteiger partial charge in [0, 0.05) is 17.7 Å². The Hall–Kier alpha value is -1.74. The minimum Gasteiger partial charge on any atom is -0.548 e. The first-order valence-corrected chi connectivity index (χ1v) is 7.39. The van der Waals surface area contributed by atoms with Crippen LogP contribution in [0.3, 0.4) is 0 Å². The molecule has 0 heterocycles. The average molecular weight is 393 g/mol. The Balaban J connectivity index is 0.00000364. The fourth-order valence-electron chi connectivity index (χ4n) is 2.27. The Bertz CT molecular complexity index is 835. The maximum Gasteiger partial charge on any atom is 1.00 e. The smallest absolute Gasteiger partial charge is 0.548 e. The van der Waals surface area contributed by atoms with Crippen LogP contribution >= 0.6 is 0 Å². The molecule has 0 amide bonds. The Kier molecular flexibility index (Phi) is 8.16. The molecule has 1 atom stereocenters. The second-order valence-corrected chi connectivity index (χ2v) is 5.48. The van der Waals surface area contributed by atoms with Gasteiger partial charge in [0.25, 0.3) is 0 Å². The molecule has 0 saturated carbocycles. The van der Waals surface area contributed by atoms with Crippen molar-refractivity contribution in [2.24, 2.45) is 5.73 Å². The molecule has 0 saturated heterocycles. The second-order valence-electron chi connectivity index (χ2n) is 5.48. The number of nitrogens with two attached hydrogens (primary N) is 1. The summed E-state index contributed by atoms with van der Waals surface area (Å²) < 4.78 is 65.3. The predicted molar refractivity (Wildman–Crippen MR) is 82.5 cm³/mol. The molecule has 0 aromatic heterocycles. The fraction of sp³-hybridized carbons (Fsp3) is 0.167. The summed E-state index contributed by atoms with van der Waals surface area (Å²) in [5.74, 6) is -3.31. The maximum absolute atomic E-state index is 14.1. The molecule has 0 bridgehead atoms. The van der Waals surface area contributed by atoms with E-state index in [0.29, 0.717) is 6.07 Å². The van der Waals surface area contributed by atoms with Crippen molar-refractivity contribution in [1.82, 2.24) is 0 Å². The number of halogens is 5. The molecule has 2 rings (SSSR count). The summed E-state index contributed by atoms with van der Waals surface area (Å²) in [4.78, 5) is 10.7. The number of aliphatic carboxylic acids is 1. The monoisotopic (exact) mass is 393 g/mol. The van der Waals surface area contributed by atoms with Crippen molar-refractivity contribution in [2.45, 2.75) is 18.6 Å². The van der Waals surface area contributed by atoms with Crippen LogP contribution in [0.25, 0.3) is 5.57 Å². The van der Waals surface area contributed by atoms with E-state index in [1.54, 1.807) is 0 Å². The van der Waals surface area contributed by atoms with Gasteiger partial charge < -0.3 is 15.6 Å². The van der Waals surface area contributed by atoms with Crippen LogP contribution < -0.4 is 40.4 Å². The zero-order valence-electron chi connectivity index (χ0n) is 14.2. The molecule has 3 nitrogen and oxygen atoms in total. The largest absolute Gasteiger partial charge is 1.00 e. The molecule has 0 aliphatic heterocycles. The molecule has 2 N–H and O–H groups in total. The van der Waals surface area contributed by atoms with Crippen LogP contribution in [0.4, 0.5) is 22.0 Å². The van der Waals surface area contributed by atoms with Crippen molar-refractivity contribution in [3.63, 3.8) is 0 Å². The fourth-order valence-corrected chi connectivity index (χ4v) is 2.27. The van der Waals surface area contributed by atoms with Crippen LogP contribution in [-0.4, -0.2) is 12.0 Å². The number of alkyl halides is 3. The molecule has 0 aliphatic carbocycles. The van der Waals surface area contributed by atoms with Gasteiger partial charge in [0.1, 0.15) is 11.6 Å². The second kappa shape index (κ2) is 9.45. The third-order valence-corrected chi connectivity index (χ3v) is 3.62. The Morgan fingerprint density at radius 3 is 2.19 bits per heavy atom. The summed E-state index contributed by atoms with van der Waals surface area (Å²) in [7, 11) is 0. The normalized spacial score (nSPS) is 13.0. The van der Waals surface area contributed by atoms with Gasteiger partial charge in [-0.15, -0.1) is 0 Å². The molecule has 2 aromatic rings. The predicted octanol–water partition coefficient (Wildman–Crippen LogP) is -0.113. The Morgan fingerprint density at radius 2 is 1.70 bits per heavy atom. The van der Waals surface area contributed by atoms with Gasteiger partial charge in [-0.25, -0.2) is 8.78 Å². The first kappa shape index (κ1) is 23.3. The summed E-state index contributed by atoms with van der Waals surface area (Å²) >= 11 is 0. The number of rotatable bonds is 5. The van der Waals surface area contributed by atoms with Gasteiger partial charge in [-0.3, -0.25) is 0 Å². The molecule has 2 aromatic carbocycles. The molecule has 0 spiro atoms. The zero-order valence-corrected chi connectivity index (χ0v) is 16.2. The number of carbonyl (C=O) groups excluding carboxylic acids is 1. The van der Waals surface area contributed by atoms with Gasteiger partial charge >= 0.3 is 35.7 Å². The third kappa shape index (κ3) is 6.14. The van der Waals surface area contributed by atoms with E-state index in [1.165, 1.54) is 6.08 Å². The molecule has 0 radical (unpaired) electrons. The van der Waals surface area contributed by atoms with E-state index in [-0.39, 0.29) is 52.7 Å². The Labute approximate surface area is 174 Å². The van der Waals surface area contributed by atoms with Crippen LogP contribution in [-0.2, 0) is 11.0 Å². The van der Waals surface area contributed by atoms with Gasteiger partial charge in [-0.05, 0) is 41.8 Å². The molecule has 27 heavy (non-hydrogen) atoms. The summed E-state index contributed by atoms with van der Waals surface area (Å²) in [6, 6.07) is 5.17. The van der Waals surface area contributed by atoms with E-state index < -0.39 is 35.4 Å². The Morgan fingerprint density at radius 1 is 1.11 bits per heavy atom. The van der Waals surface area contributed by atoms with E-state index in [9.17, 15) is 31.9 Å². The number of carbonyl (C=O) groups is 1. The molecular formula is C18H13F5NNaO2. The van der Waals surface area contributed by atoms with Crippen LogP contribution in [0.1, 0.15) is 23.1 Å². The minimum absolute atomic E-state index is 0. The van der Waals surface area contributed by atoms with Crippen molar-refractivity contribution in [3.8, 4) is 0 Å². The minimum atomic E-state index is -4.54. The van der Waals surface area contributed by atoms with Crippen LogP contribution in [0.2, 0.25) is 0 Å². The van der Waals surface area contributed by atoms with Crippen molar-refractivity contribution < 1.29 is 61.4 Å². The van der Waals surface area contributed by atoms with Crippen molar-refractivity contribution in [1.29, 1.82) is 0 Å². The van der Waals surface area contributed by atoms with E-state index in [4.69, 9.17) is 5.73 Å². The number of carboxylic acid groups (broad SMARTS) is 1. The maximum atomic E-state index is 14.1. The van der Waals surface area contributed by atoms with Crippen LogP contribution in [0.5, 0.6) is 0 Å². The van der Waals surface area contributed by atoms with E-state index >= 15 is 0 Å². The van der Waals surface area contributed by atoms with Crippen molar-refractivity contribution >= 4 is 11.5 Å². The zero-order chi connectivity index (χ0) is 19.5. The van der Waals surface area contributed by atoms with Crippen molar-refractivity contribution in [2.75, 3.05) is 0 Å². The number of benzene rings is 2. The molecule has 0 fully saturated rings. The summed E-state index contributed by atoms with van der Waals surface area (Å²) in [6.07, 6.45) is -3.53. The summed E-state index contributed by atoms with van der Waals surface area (Å²) in [5.41, 5.74) is 4.64. The van der Waals surface area contributed by atoms with Crippen LogP contribution in [0, 0.1) is 11.6 Å². The average Bonchev–Trinajstić information content (AvgIpc) is 2.55. The molecule has 9 heteroatoms. The summed E-state index contributed by atoms with van der Waals surface area (Å²) in [5, 5.41) is 10.7. The summed E-state index contributed by atoms with van der Waals surface area (Å²) in [6.45, 7) is 0. The topological polar surface area (TPSA) is 66.2 Å². The molecule has 0 aliphatic rings. The van der Waals surface area contributed by atoms with Gasteiger partial charge in [0.05, 0.1) is 11.5 Å². The van der Waals surface area contributed by atoms with Gasteiger partial charge in [0.15, 0.2) is 0 Å². The molecule has 1 unspecified atom stereocenters. The van der Waals surface area contributed by atoms with Gasteiger partial charge in [-0.1, -0.05) is 18.2 Å². The first-order chi connectivity index (χ1) is 12.1. The standard InChI is InChI=1S/C18H14F5NO2.Na/c19-12-5-6-14(15(20)9-12)13(7-8-16(24)17(25)26)10-1-3-11(4-2-10)18(21,22)23;/h1-7,9,16H,8,24H2,(H,25,26);/q;+1/p-1/b13-7-;. The van der Waals surface area contributed by atoms with E-state index in [2.05, 4.69) is 0 Å². The molecular weight excluding hydrogens is 380 g/mol. The first-order valence-electron chi connectivity index (χ1n) is 7.39. The van der Waals surface area contributed by atoms with Crippen molar-refractivity contribution in [3.05, 3.63) is 76.9 Å². The van der Waals surface area contributed by atoms with E-state index in [1.807, 2.05) is 0 Å². The van der Waals surface area contributed by atoms with Crippen LogP contribution in [0.15, 0.2) is 48.5 Å². The quantitative estimate of drug-likeness (QED) is 0.570. The SMILES string of the molecule is NC(C/C=C(/c1ccc(C(F)(F)F)cc1)c1ccc(F)cc1F)C(=O)[O-].[Na+]. The van der Waals surface area contributed by atoms with Gasteiger partial charge in [0.2, 0.25) is 0 Å². The number of hydrogen-bond donors (Lipinski definition) is 1. The van der Waals surface area contributed by atoms with E-state index in [0.717, 1.165) is 36.4 Å². The van der Waals surface area contributed by atoms with Gasteiger partial charge in [-0.2, -0.15) is 13.2 Å². The number of carboxylic acids is 1.